The molecule has 0 aliphatic rings. The maximum Gasteiger partial charge on any atom is 0.339 e. The van der Waals surface area contributed by atoms with Crippen molar-refractivity contribution >= 4 is 23.6 Å². The van der Waals surface area contributed by atoms with E-state index in [1.165, 1.54) is 12.1 Å². The molecule has 0 bridgehead atoms. The first-order valence-electron chi connectivity index (χ1n) is 8.43. The lowest BCUT2D eigenvalue weighted by atomic mass is 10.1. The van der Waals surface area contributed by atoms with Gasteiger partial charge in [0, 0.05) is 23.7 Å². The van der Waals surface area contributed by atoms with Gasteiger partial charge in [0.25, 0.3) is 11.6 Å². The van der Waals surface area contributed by atoms with Crippen LogP contribution in [0.25, 0.3) is 0 Å². The average molecular weight is 385 g/mol. The van der Waals surface area contributed by atoms with Crippen LogP contribution in [-0.4, -0.2) is 29.4 Å². The molecule has 2 aromatic rings. The molecular formula is C19H19N3O6. The lowest BCUT2D eigenvalue weighted by Gasteiger charge is -2.17. The van der Waals surface area contributed by atoms with E-state index in [0.717, 1.165) is 6.07 Å². The number of aryl methyl sites for hydroxylation is 1. The van der Waals surface area contributed by atoms with Gasteiger partial charge in [-0.1, -0.05) is 36.4 Å². The monoisotopic (exact) mass is 385 g/mol. The molecule has 2 aromatic carbocycles. The van der Waals surface area contributed by atoms with E-state index in [2.05, 4.69) is 10.6 Å². The van der Waals surface area contributed by atoms with Crippen molar-refractivity contribution in [3.8, 4) is 0 Å². The van der Waals surface area contributed by atoms with Crippen molar-refractivity contribution in [2.75, 3.05) is 6.54 Å². The van der Waals surface area contributed by atoms with E-state index in [1.54, 1.807) is 44.2 Å². The van der Waals surface area contributed by atoms with Gasteiger partial charge in [0.15, 0.2) is 0 Å². The molecule has 0 heterocycles. The van der Waals surface area contributed by atoms with Crippen LogP contribution in [0.4, 0.5) is 10.5 Å². The van der Waals surface area contributed by atoms with Gasteiger partial charge in [-0.05, 0) is 19.9 Å². The van der Waals surface area contributed by atoms with Crippen LogP contribution in [0.1, 0.15) is 34.5 Å². The Kier molecular flexibility index (Phi) is 6.80. The summed E-state index contributed by atoms with van der Waals surface area (Å²) in [5.74, 6) is -1.77. The molecule has 0 aromatic heterocycles. The summed E-state index contributed by atoms with van der Waals surface area (Å²) in [6.07, 6.45) is -1.41. The lowest BCUT2D eigenvalue weighted by Crippen LogP contribution is -2.42. The number of urea groups is 1. The molecule has 9 heteroatoms. The fourth-order valence-corrected chi connectivity index (χ4v) is 2.39. The molecule has 0 aliphatic heterocycles. The molecule has 2 N–H and O–H groups in total. The molecule has 1 atom stereocenters. The summed E-state index contributed by atoms with van der Waals surface area (Å²) in [5, 5.41) is 15.6. The number of ether oxygens (including phenoxy) is 1. The number of carbonyl (C=O) groups excluding carboxylic acids is 3. The van der Waals surface area contributed by atoms with Gasteiger partial charge in [-0.2, -0.15) is 0 Å². The molecule has 0 saturated heterocycles. The second-order valence-electron chi connectivity index (χ2n) is 5.80. The number of nitro groups is 1. The van der Waals surface area contributed by atoms with Gasteiger partial charge >= 0.3 is 12.0 Å². The number of nitro benzene ring substituents is 1. The largest absolute Gasteiger partial charge is 0.444 e. The molecule has 3 amide bonds. The zero-order chi connectivity index (χ0) is 20.7. The van der Waals surface area contributed by atoms with Crippen LogP contribution < -0.4 is 10.6 Å². The average Bonchev–Trinajstić information content (AvgIpc) is 2.66. The number of rotatable bonds is 6. The van der Waals surface area contributed by atoms with E-state index in [-0.39, 0.29) is 11.3 Å². The fraction of sp³-hybridized carbons (Fsp3) is 0.211. The smallest absolute Gasteiger partial charge is 0.339 e. The normalized spacial score (nSPS) is 11.2. The number of hydrogen-bond donors (Lipinski definition) is 2. The molecule has 9 nitrogen and oxygen atoms in total. The topological polar surface area (TPSA) is 128 Å². The molecule has 2 rings (SSSR count). The quantitative estimate of drug-likeness (QED) is 0.447. The van der Waals surface area contributed by atoms with Gasteiger partial charge in [-0.15, -0.1) is 0 Å². The maximum atomic E-state index is 12.5. The standard InChI is InChI=1S/C19H19N3O6/c1-3-20-19(25)21-17(23)16(13-7-5-4-6-8-13)28-18(24)14-10-9-12(2)15(11-14)22(26)27/h4-11,16H,3H2,1-2H3,(H2,20,21,23,25)/t16-/m1/s1. The van der Waals surface area contributed by atoms with Crippen molar-refractivity contribution in [3.05, 3.63) is 75.3 Å². The fourth-order valence-electron chi connectivity index (χ4n) is 2.39. The second-order valence-corrected chi connectivity index (χ2v) is 5.80. The van der Waals surface area contributed by atoms with Crippen molar-refractivity contribution in [3.63, 3.8) is 0 Å². The van der Waals surface area contributed by atoms with Crippen molar-refractivity contribution in [2.24, 2.45) is 0 Å². The number of esters is 1. The summed E-state index contributed by atoms with van der Waals surface area (Å²) in [4.78, 5) is 47.1. The van der Waals surface area contributed by atoms with Crippen LogP contribution >= 0.6 is 0 Å². The Hall–Kier alpha value is -3.75. The first-order valence-corrected chi connectivity index (χ1v) is 8.43. The highest BCUT2D eigenvalue weighted by atomic mass is 16.6. The van der Waals surface area contributed by atoms with Crippen molar-refractivity contribution < 1.29 is 24.0 Å². The Morgan fingerprint density at radius 2 is 1.82 bits per heavy atom. The third-order valence-corrected chi connectivity index (χ3v) is 3.78. The number of hydrogen-bond acceptors (Lipinski definition) is 6. The Bertz CT molecular complexity index is 898. The zero-order valence-electron chi connectivity index (χ0n) is 15.3. The van der Waals surface area contributed by atoms with Gasteiger partial charge in [-0.25, -0.2) is 9.59 Å². The molecule has 0 unspecified atom stereocenters. The summed E-state index contributed by atoms with van der Waals surface area (Å²) in [5.41, 5.74) is 0.413. The van der Waals surface area contributed by atoms with Crippen molar-refractivity contribution in [2.45, 2.75) is 20.0 Å². The van der Waals surface area contributed by atoms with Gasteiger partial charge in [-0.3, -0.25) is 20.2 Å². The number of imide groups is 1. The van der Waals surface area contributed by atoms with Gasteiger partial charge in [0.1, 0.15) is 0 Å². The van der Waals surface area contributed by atoms with E-state index < -0.39 is 28.9 Å². The molecule has 0 spiro atoms. The highest BCUT2D eigenvalue weighted by molar-refractivity contribution is 5.99. The lowest BCUT2D eigenvalue weighted by molar-refractivity contribution is -0.385. The predicted molar refractivity (Wildman–Crippen MR) is 99.6 cm³/mol. The van der Waals surface area contributed by atoms with Crippen LogP contribution in [0.5, 0.6) is 0 Å². The summed E-state index contributed by atoms with van der Waals surface area (Å²) < 4.78 is 5.28. The third kappa shape index (κ3) is 5.13. The Labute approximate surface area is 160 Å². The van der Waals surface area contributed by atoms with Gasteiger partial charge < -0.3 is 10.1 Å². The maximum absolute atomic E-state index is 12.5. The zero-order valence-corrected chi connectivity index (χ0v) is 15.3. The minimum atomic E-state index is -1.41. The van der Waals surface area contributed by atoms with Crippen LogP contribution in [0.3, 0.4) is 0 Å². The Balaban J connectivity index is 2.28. The minimum Gasteiger partial charge on any atom is -0.444 e. The number of amides is 3. The number of benzene rings is 2. The SMILES string of the molecule is CCNC(=O)NC(=O)[C@H](OC(=O)c1ccc(C)c([N+](=O)[O-])c1)c1ccccc1. The van der Waals surface area contributed by atoms with E-state index in [4.69, 9.17) is 4.74 Å². The summed E-state index contributed by atoms with van der Waals surface area (Å²) >= 11 is 0. The number of nitrogens with one attached hydrogen (secondary N) is 2. The molecule has 0 aliphatic carbocycles. The Morgan fingerprint density at radius 1 is 1.14 bits per heavy atom. The third-order valence-electron chi connectivity index (χ3n) is 3.78. The van der Waals surface area contributed by atoms with Crippen molar-refractivity contribution in [1.82, 2.24) is 10.6 Å². The van der Waals surface area contributed by atoms with Crippen LogP contribution in [0, 0.1) is 17.0 Å². The van der Waals surface area contributed by atoms with Crippen LogP contribution in [-0.2, 0) is 9.53 Å². The van der Waals surface area contributed by atoms with E-state index in [0.29, 0.717) is 17.7 Å². The highest BCUT2D eigenvalue weighted by Crippen LogP contribution is 2.23. The molecule has 0 saturated carbocycles. The summed E-state index contributed by atoms with van der Waals surface area (Å²) in [6.45, 7) is 3.53. The first kappa shape index (κ1) is 20.6. The van der Waals surface area contributed by atoms with Crippen molar-refractivity contribution in [1.29, 1.82) is 0 Å². The summed E-state index contributed by atoms with van der Waals surface area (Å²) in [7, 11) is 0. The van der Waals surface area contributed by atoms with E-state index in [1.807, 2.05) is 0 Å². The Morgan fingerprint density at radius 3 is 2.43 bits per heavy atom. The van der Waals surface area contributed by atoms with E-state index in [9.17, 15) is 24.5 Å². The molecule has 0 fully saturated rings. The molecule has 28 heavy (non-hydrogen) atoms. The van der Waals surface area contributed by atoms with Gasteiger partial charge in [0.2, 0.25) is 6.10 Å². The second kappa shape index (κ2) is 9.26. The predicted octanol–water partition coefficient (Wildman–Crippen LogP) is 2.65. The summed E-state index contributed by atoms with van der Waals surface area (Å²) in [6, 6.07) is 11.3. The van der Waals surface area contributed by atoms with Crippen LogP contribution in [0.2, 0.25) is 0 Å². The van der Waals surface area contributed by atoms with Gasteiger partial charge in [0.05, 0.1) is 10.5 Å². The first-order chi connectivity index (χ1) is 13.3. The number of carbonyl (C=O) groups is 3. The highest BCUT2D eigenvalue weighted by Gasteiger charge is 2.27. The molecule has 0 radical (unpaired) electrons. The van der Waals surface area contributed by atoms with Crippen LogP contribution in [0.15, 0.2) is 48.5 Å². The minimum absolute atomic E-state index is 0.0796. The van der Waals surface area contributed by atoms with E-state index >= 15 is 0 Å². The number of nitrogens with zero attached hydrogens (tertiary/aromatic N) is 1. The molecule has 146 valence electrons. The molecular weight excluding hydrogens is 366 g/mol.